The van der Waals surface area contributed by atoms with Crippen molar-refractivity contribution in [3.8, 4) is 6.07 Å². The van der Waals surface area contributed by atoms with E-state index in [0.29, 0.717) is 11.4 Å². The van der Waals surface area contributed by atoms with Crippen molar-refractivity contribution in [1.29, 1.82) is 5.26 Å². The number of hydrogen-bond donors (Lipinski definition) is 2. The summed E-state index contributed by atoms with van der Waals surface area (Å²) in [5.74, 6) is 0.949. The molecule has 0 aliphatic rings. The molecule has 1 unspecified atom stereocenters. The third kappa shape index (κ3) is 4.33. The van der Waals surface area contributed by atoms with Crippen LogP contribution in [0.3, 0.4) is 0 Å². The minimum atomic E-state index is -3.72. The molecule has 0 saturated carbocycles. The molecule has 0 heterocycles. The molecule has 0 spiro atoms. The number of thioether (sulfide) groups is 1. The van der Waals surface area contributed by atoms with Gasteiger partial charge in [0, 0.05) is 4.90 Å². The predicted octanol–water partition coefficient (Wildman–Crippen LogP) is 2.42. The Morgan fingerprint density at radius 2 is 2.21 bits per heavy atom. The normalized spacial score (nSPS) is 12.7. The van der Waals surface area contributed by atoms with Crippen molar-refractivity contribution in [3.05, 3.63) is 18.2 Å². The number of benzene rings is 1. The van der Waals surface area contributed by atoms with Crippen molar-refractivity contribution in [2.75, 3.05) is 16.2 Å². The molecule has 0 saturated heterocycles. The Kier molecular flexibility index (Phi) is 5.51. The summed E-state index contributed by atoms with van der Waals surface area (Å²) >= 11 is 1.63. The maximum atomic E-state index is 11.8. The van der Waals surface area contributed by atoms with E-state index in [2.05, 4.69) is 11.6 Å². The molecule has 0 fully saturated rings. The van der Waals surface area contributed by atoms with E-state index in [1.165, 1.54) is 6.92 Å². The lowest BCUT2D eigenvalue weighted by molar-refractivity contribution is 0.597. The Balaban J connectivity index is 2.98. The highest BCUT2D eigenvalue weighted by molar-refractivity contribution is 7.99. The van der Waals surface area contributed by atoms with E-state index in [1.54, 1.807) is 30.0 Å². The van der Waals surface area contributed by atoms with Crippen LogP contribution in [0.2, 0.25) is 0 Å². The van der Waals surface area contributed by atoms with Gasteiger partial charge in [0.1, 0.15) is 0 Å². The van der Waals surface area contributed by atoms with Gasteiger partial charge < -0.3 is 5.73 Å². The van der Waals surface area contributed by atoms with Crippen LogP contribution in [0, 0.1) is 11.3 Å². The number of nitrogens with zero attached hydrogens (tertiary/aromatic N) is 1. The molecule has 1 rings (SSSR count). The molecular formula is C12H17N3O2S2. The lowest BCUT2D eigenvalue weighted by Crippen LogP contribution is -2.24. The zero-order valence-electron chi connectivity index (χ0n) is 10.9. The minimum absolute atomic E-state index is 0.322. The highest BCUT2D eigenvalue weighted by Crippen LogP contribution is 2.28. The van der Waals surface area contributed by atoms with Crippen molar-refractivity contribution < 1.29 is 8.42 Å². The summed E-state index contributed by atoms with van der Waals surface area (Å²) in [5, 5.41) is 7.56. The first-order chi connectivity index (χ1) is 8.90. The number of hydrogen-bond acceptors (Lipinski definition) is 5. The van der Waals surface area contributed by atoms with Crippen LogP contribution >= 0.6 is 11.8 Å². The van der Waals surface area contributed by atoms with Crippen LogP contribution < -0.4 is 10.5 Å². The van der Waals surface area contributed by atoms with E-state index in [0.717, 1.165) is 17.1 Å². The first-order valence-electron chi connectivity index (χ1n) is 5.84. The number of sulfonamides is 1. The Hall–Kier alpha value is -1.39. The molecule has 5 nitrogen and oxygen atoms in total. The average Bonchev–Trinajstić information content (AvgIpc) is 2.38. The number of nitriles is 1. The van der Waals surface area contributed by atoms with Gasteiger partial charge >= 0.3 is 0 Å². The Bertz CT molecular complexity index is 579. The molecule has 104 valence electrons. The molecule has 19 heavy (non-hydrogen) atoms. The summed E-state index contributed by atoms with van der Waals surface area (Å²) in [6.45, 7) is 3.40. The smallest absolute Gasteiger partial charge is 0.248 e. The number of nitrogens with two attached hydrogens (primary N) is 1. The van der Waals surface area contributed by atoms with Gasteiger partial charge in [-0.2, -0.15) is 5.26 Å². The standard InChI is InChI=1S/C12H17N3O2S2/c1-3-6-18-10-4-5-11(14)12(7-10)15-19(16,17)9(2)8-13/h4-5,7,9,15H,3,6,14H2,1-2H3. The second-order valence-corrected chi connectivity index (χ2v) is 7.19. The molecule has 0 bridgehead atoms. The monoisotopic (exact) mass is 299 g/mol. The Morgan fingerprint density at radius 1 is 1.53 bits per heavy atom. The highest BCUT2D eigenvalue weighted by Gasteiger charge is 2.21. The molecule has 0 radical (unpaired) electrons. The van der Waals surface area contributed by atoms with Gasteiger partial charge in [0.15, 0.2) is 5.25 Å². The zero-order chi connectivity index (χ0) is 14.5. The quantitative estimate of drug-likeness (QED) is 0.621. The summed E-state index contributed by atoms with van der Waals surface area (Å²) in [5.41, 5.74) is 6.41. The van der Waals surface area contributed by atoms with Gasteiger partial charge in [-0.1, -0.05) is 6.92 Å². The largest absolute Gasteiger partial charge is 0.397 e. The van der Waals surface area contributed by atoms with Gasteiger partial charge in [-0.15, -0.1) is 11.8 Å². The fourth-order valence-corrected chi connectivity index (χ4v) is 2.85. The lowest BCUT2D eigenvalue weighted by Gasteiger charge is -2.12. The summed E-state index contributed by atoms with van der Waals surface area (Å²) in [6.07, 6.45) is 1.03. The number of nitrogen functional groups attached to an aromatic ring is 1. The van der Waals surface area contributed by atoms with Gasteiger partial charge in [0.05, 0.1) is 17.4 Å². The van der Waals surface area contributed by atoms with Crippen LogP contribution in [0.1, 0.15) is 20.3 Å². The average molecular weight is 299 g/mol. The predicted molar refractivity (Wildman–Crippen MR) is 79.5 cm³/mol. The fraction of sp³-hybridized carbons (Fsp3) is 0.417. The van der Waals surface area contributed by atoms with Crippen molar-refractivity contribution >= 4 is 33.2 Å². The maximum Gasteiger partial charge on any atom is 0.248 e. The molecule has 0 aliphatic carbocycles. The van der Waals surface area contributed by atoms with Crippen LogP contribution in [0.15, 0.2) is 23.1 Å². The number of anilines is 2. The minimum Gasteiger partial charge on any atom is -0.397 e. The molecular weight excluding hydrogens is 282 g/mol. The summed E-state index contributed by atoms with van der Waals surface area (Å²) in [7, 11) is -3.72. The van der Waals surface area contributed by atoms with Crippen LogP contribution in [-0.2, 0) is 10.0 Å². The zero-order valence-corrected chi connectivity index (χ0v) is 12.5. The molecule has 3 N–H and O–H groups in total. The van der Waals surface area contributed by atoms with Crippen LogP contribution in [0.4, 0.5) is 11.4 Å². The van der Waals surface area contributed by atoms with Gasteiger partial charge in [-0.25, -0.2) is 8.42 Å². The maximum absolute atomic E-state index is 11.8. The van der Waals surface area contributed by atoms with Crippen molar-refractivity contribution in [2.24, 2.45) is 0 Å². The summed E-state index contributed by atoms with van der Waals surface area (Å²) in [4.78, 5) is 0.943. The lowest BCUT2D eigenvalue weighted by atomic mass is 10.3. The number of rotatable bonds is 6. The van der Waals surface area contributed by atoms with E-state index in [-0.39, 0.29) is 0 Å². The van der Waals surface area contributed by atoms with Crippen LogP contribution in [-0.4, -0.2) is 19.4 Å². The molecule has 1 aromatic rings. The SMILES string of the molecule is CCCSc1ccc(N)c(NS(=O)(=O)C(C)C#N)c1. The van der Waals surface area contributed by atoms with Crippen molar-refractivity contribution in [2.45, 2.75) is 30.4 Å². The Morgan fingerprint density at radius 3 is 2.79 bits per heavy atom. The molecule has 0 amide bonds. The van der Waals surface area contributed by atoms with E-state index in [4.69, 9.17) is 11.0 Å². The second-order valence-electron chi connectivity index (χ2n) is 4.02. The number of nitrogens with one attached hydrogen (secondary N) is 1. The fourth-order valence-electron chi connectivity index (χ4n) is 1.24. The van der Waals surface area contributed by atoms with Crippen molar-refractivity contribution in [1.82, 2.24) is 0 Å². The summed E-state index contributed by atoms with van der Waals surface area (Å²) < 4.78 is 26.0. The highest BCUT2D eigenvalue weighted by atomic mass is 32.2. The topological polar surface area (TPSA) is 96.0 Å². The third-order valence-corrected chi connectivity index (χ3v) is 5.14. The van der Waals surface area contributed by atoms with Crippen LogP contribution in [0.25, 0.3) is 0 Å². The summed E-state index contributed by atoms with van der Waals surface area (Å²) in [6, 6.07) is 6.90. The van der Waals surface area contributed by atoms with Gasteiger partial charge in [-0.05, 0) is 37.3 Å². The van der Waals surface area contributed by atoms with E-state index in [9.17, 15) is 8.42 Å². The molecule has 0 aromatic heterocycles. The van der Waals surface area contributed by atoms with E-state index < -0.39 is 15.3 Å². The van der Waals surface area contributed by atoms with Gasteiger partial charge in [0.2, 0.25) is 10.0 Å². The molecule has 1 aromatic carbocycles. The van der Waals surface area contributed by atoms with E-state index in [1.807, 2.05) is 6.07 Å². The van der Waals surface area contributed by atoms with Crippen molar-refractivity contribution in [3.63, 3.8) is 0 Å². The Labute approximate surface area is 118 Å². The third-order valence-electron chi connectivity index (χ3n) is 2.40. The van der Waals surface area contributed by atoms with Crippen LogP contribution in [0.5, 0.6) is 0 Å². The van der Waals surface area contributed by atoms with Gasteiger partial charge in [0.25, 0.3) is 0 Å². The first kappa shape index (κ1) is 15.7. The molecule has 0 aliphatic heterocycles. The first-order valence-corrected chi connectivity index (χ1v) is 8.37. The van der Waals surface area contributed by atoms with Gasteiger partial charge in [-0.3, -0.25) is 4.72 Å². The van der Waals surface area contributed by atoms with E-state index >= 15 is 0 Å². The molecule has 7 heteroatoms. The second kappa shape index (κ2) is 6.68. The molecule has 1 atom stereocenters.